The molecule has 0 bridgehead atoms. The summed E-state index contributed by atoms with van der Waals surface area (Å²) in [5, 5.41) is 3.62. The first-order valence-corrected chi connectivity index (χ1v) is 6.68. The number of hydrogen-bond acceptors (Lipinski definition) is 2. The number of hydrogen-bond donors (Lipinski definition) is 1. The number of methoxy groups -OCH3 is 1. The van der Waals surface area contributed by atoms with Crippen LogP contribution in [0, 0.1) is 0 Å². The maximum absolute atomic E-state index is 5.86. The summed E-state index contributed by atoms with van der Waals surface area (Å²) < 4.78 is 5.86. The normalized spacial score (nSPS) is 20.9. The van der Waals surface area contributed by atoms with Gasteiger partial charge in [-0.1, -0.05) is 25.8 Å². The van der Waals surface area contributed by atoms with Crippen LogP contribution in [0.2, 0.25) is 0 Å². The second-order valence-electron chi connectivity index (χ2n) is 4.81. The fourth-order valence-corrected chi connectivity index (χ4v) is 2.93. The maximum atomic E-state index is 5.86. The van der Waals surface area contributed by atoms with E-state index in [-0.39, 0.29) is 5.60 Å². The van der Waals surface area contributed by atoms with Gasteiger partial charge in [0.05, 0.1) is 5.60 Å². The van der Waals surface area contributed by atoms with Gasteiger partial charge in [0.25, 0.3) is 0 Å². The minimum Gasteiger partial charge on any atom is -0.377 e. The Morgan fingerprint density at radius 3 is 2.62 bits per heavy atom. The summed E-state index contributed by atoms with van der Waals surface area (Å²) in [6.07, 6.45) is 10.6. The van der Waals surface area contributed by atoms with E-state index in [0.717, 1.165) is 13.0 Å². The second-order valence-corrected chi connectivity index (χ2v) is 4.81. The summed E-state index contributed by atoms with van der Waals surface area (Å²) in [5.41, 5.74) is 0.108. The number of rotatable bonds is 8. The van der Waals surface area contributed by atoms with Crippen LogP contribution in [0.15, 0.2) is 12.7 Å². The molecule has 0 radical (unpaired) electrons. The third kappa shape index (κ3) is 3.33. The van der Waals surface area contributed by atoms with Crippen molar-refractivity contribution >= 4 is 0 Å². The predicted molar refractivity (Wildman–Crippen MR) is 69.7 cm³/mol. The van der Waals surface area contributed by atoms with Crippen LogP contribution in [0.25, 0.3) is 0 Å². The summed E-state index contributed by atoms with van der Waals surface area (Å²) in [4.78, 5) is 0. The predicted octanol–water partition coefficient (Wildman–Crippen LogP) is 3.28. The van der Waals surface area contributed by atoms with Gasteiger partial charge in [-0.15, -0.1) is 6.58 Å². The van der Waals surface area contributed by atoms with Crippen molar-refractivity contribution in [2.75, 3.05) is 13.7 Å². The Kier molecular flexibility index (Phi) is 6.07. The average molecular weight is 225 g/mol. The zero-order chi connectivity index (χ0) is 11.9. The van der Waals surface area contributed by atoms with E-state index < -0.39 is 0 Å². The van der Waals surface area contributed by atoms with Crippen LogP contribution in [0.1, 0.15) is 51.9 Å². The molecular formula is C14H27NO. The van der Waals surface area contributed by atoms with Crippen molar-refractivity contribution in [2.24, 2.45) is 0 Å². The van der Waals surface area contributed by atoms with E-state index in [1.54, 1.807) is 0 Å². The Morgan fingerprint density at radius 2 is 2.12 bits per heavy atom. The van der Waals surface area contributed by atoms with Gasteiger partial charge >= 0.3 is 0 Å². The Morgan fingerprint density at radius 1 is 1.44 bits per heavy atom. The third-order valence-corrected chi connectivity index (χ3v) is 3.84. The van der Waals surface area contributed by atoms with Crippen LogP contribution in [-0.4, -0.2) is 25.3 Å². The molecule has 1 saturated carbocycles. The SMILES string of the molecule is C=CCCCC(NCC)C1(OC)CCCC1. The van der Waals surface area contributed by atoms with Crippen LogP contribution >= 0.6 is 0 Å². The second kappa shape index (κ2) is 7.08. The highest BCUT2D eigenvalue weighted by Gasteiger charge is 2.40. The lowest BCUT2D eigenvalue weighted by Crippen LogP contribution is -2.50. The van der Waals surface area contributed by atoms with Crippen molar-refractivity contribution in [3.8, 4) is 0 Å². The molecular weight excluding hydrogens is 198 g/mol. The van der Waals surface area contributed by atoms with Crippen molar-refractivity contribution in [1.29, 1.82) is 0 Å². The van der Waals surface area contributed by atoms with Gasteiger partial charge in [-0.25, -0.2) is 0 Å². The molecule has 1 unspecified atom stereocenters. The lowest BCUT2D eigenvalue weighted by molar-refractivity contribution is -0.0377. The molecule has 1 N–H and O–H groups in total. The van der Waals surface area contributed by atoms with Gasteiger partial charge in [-0.3, -0.25) is 0 Å². The molecule has 0 aromatic heterocycles. The standard InChI is InChI=1S/C14H27NO/c1-4-6-7-10-13(15-5-2)14(16-3)11-8-9-12-14/h4,13,15H,1,5-12H2,2-3H3. The molecule has 2 nitrogen and oxygen atoms in total. The third-order valence-electron chi connectivity index (χ3n) is 3.84. The van der Waals surface area contributed by atoms with Crippen LogP contribution < -0.4 is 5.32 Å². The first-order chi connectivity index (χ1) is 7.79. The molecule has 0 saturated heterocycles. The Bertz CT molecular complexity index is 197. The van der Waals surface area contributed by atoms with Gasteiger partial charge < -0.3 is 10.1 Å². The first-order valence-electron chi connectivity index (χ1n) is 6.68. The van der Waals surface area contributed by atoms with Crippen LogP contribution in [0.4, 0.5) is 0 Å². The molecule has 1 aliphatic carbocycles. The Labute approximate surface area is 100 Å². The molecule has 2 heteroatoms. The lowest BCUT2D eigenvalue weighted by atomic mass is 9.88. The topological polar surface area (TPSA) is 21.3 Å². The summed E-state index contributed by atoms with van der Waals surface area (Å²) in [6, 6.07) is 0.518. The molecule has 1 fully saturated rings. The number of allylic oxidation sites excluding steroid dienone is 1. The van der Waals surface area contributed by atoms with Crippen molar-refractivity contribution < 1.29 is 4.74 Å². The molecule has 1 aliphatic rings. The highest BCUT2D eigenvalue weighted by Crippen LogP contribution is 2.37. The zero-order valence-corrected chi connectivity index (χ0v) is 10.9. The molecule has 0 aliphatic heterocycles. The van der Waals surface area contributed by atoms with Gasteiger partial charge in [0.15, 0.2) is 0 Å². The number of unbranched alkanes of at least 4 members (excludes halogenated alkanes) is 1. The molecule has 0 aromatic carbocycles. The molecule has 1 atom stereocenters. The highest BCUT2D eigenvalue weighted by molar-refractivity contribution is 4.96. The van der Waals surface area contributed by atoms with E-state index in [1.165, 1.54) is 38.5 Å². The Hall–Kier alpha value is -0.340. The van der Waals surface area contributed by atoms with Crippen molar-refractivity contribution in [1.82, 2.24) is 5.32 Å². The summed E-state index contributed by atoms with van der Waals surface area (Å²) in [5.74, 6) is 0. The molecule has 0 amide bonds. The molecule has 1 rings (SSSR count). The van der Waals surface area contributed by atoms with Crippen molar-refractivity contribution in [2.45, 2.75) is 63.5 Å². The highest BCUT2D eigenvalue weighted by atomic mass is 16.5. The van der Waals surface area contributed by atoms with Crippen molar-refractivity contribution in [3.63, 3.8) is 0 Å². The fraction of sp³-hybridized carbons (Fsp3) is 0.857. The molecule has 0 spiro atoms. The number of likely N-dealkylation sites (N-methyl/N-ethyl adjacent to an activating group) is 1. The molecule has 16 heavy (non-hydrogen) atoms. The van der Waals surface area contributed by atoms with Gasteiger partial charge in [0.1, 0.15) is 0 Å². The number of ether oxygens (including phenoxy) is 1. The Balaban J connectivity index is 2.54. The monoisotopic (exact) mass is 225 g/mol. The van der Waals surface area contributed by atoms with Crippen LogP contribution in [0.5, 0.6) is 0 Å². The van der Waals surface area contributed by atoms with E-state index in [2.05, 4.69) is 18.8 Å². The summed E-state index contributed by atoms with van der Waals surface area (Å²) in [6.45, 7) is 7.00. The van der Waals surface area contributed by atoms with E-state index in [1.807, 2.05) is 13.2 Å². The number of nitrogens with one attached hydrogen (secondary N) is 1. The smallest absolute Gasteiger partial charge is 0.0830 e. The molecule has 0 heterocycles. The summed E-state index contributed by atoms with van der Waals surface area (Å²) in [7, 11) is 1.88. The van der Waals surface area contributed by atoms with Crippen LogP contribution in [0.3, 0.4) is 0 Å². The van der Waals surface area contributed by atoms with Gasteiger partial charge in [-0.05, 0) is 38.6 Å². The minimum atomic E-state index is 0.108. The van der Waals surface area contributed by atoms with Gasteiger partial charge in [0, 0.05) is 13.2 Å². The average Bonchev–Trinajstić information content (AvgIpc) is 2.78. The molecule has 94 valence electrons. The van der Waals surface area contributed by atoms with E-state index >= 15 is 0 Å². The van der Waals surface area contributed by atoms with E-state index in [9.17, 15) is 0 Å². The largest absolute Gasteiger partial charge is 0.377 e. The summed E-state index contributed by atoms with van der Waals surface area (Å²) >= 11 is 0. The van der Waals surface area contributed by atoms with E-state index in [0.29, 0.717) is 6.04 Å². The quantitative estimate of drug-likeness (QED) is 0.505. The lowest BCUT2D eigenvalue weighted by Gasteiger charge is -2.37. The van der Waals surface area contributed by atoms with Crippen molar-refractivity contribution in [3.05, 3.63) is 12.7 Å². The van der Waals surface area contributed by atoms with E-state index in [4.69, 9.17) is 4.74 Å². The van der Waals surface area contributed by atoms with Gasteiger partial charge in [-0.2, -0.15) is 0 Å². The fourth-order valence-electron chi connectivity index (χ4n) is 2.93. The van der Waals surface area contributed by atoms with Gasteiger partial charge in [0.2, 0.25) is 0 Å². The van der Waals surface area contributed by atoms with Crippen LogP contribution in [-0.2, 0) is 4.74 Å². The maximum Gasteiger partial charge on any atom is 0.0830 e. The molecule has 0 aromatic rings. The first kappa shape index (κ1) is 13.7. The minimum absolute atomic E-state index is 0.108. The zero-order valence-electron chi connectivity index (χ0n) is 10.9.